The summed E-state index contributed by atoms with van der Waals surface area (Å²) in [4.78, 5) is 20.4. The summed E-state index contributed by atoms with van der Waals surface area (Å²) in [7, 11) is 0. The highest BCUT2D eigenvalue weighted by Gasteiger charge is 2.34. The number of imidazole rings is 1. The lowest BCUT2D eigenvalue weighted by atomic mass is 10.0. The Labute approximate surface area is 178 Å². The van der Waals surface area contributed by atoms with Gasteiger partial charge in [-0.3, -0.25) is 9.69 Å². The van der Waals surface area contributed by atoms with E-state index >= 15 is 0 Å². The Bertz CT molecular complexity index is 1020. The third kappa shape index (κ3) is 5.83. The van der Waals surface area contributed by atoms with Gasteiger partial charge in [0.1, 0.15) is 0 Å². The first-order valence-electron chi connectivity index (χ1n) is 9.93. The smallest absolute Gasteiger partial charge is 0.395 e. The molecule has 166 valence electrons. The van der Waals surface area contributed by atoms with Gasteiger partial charge in [0.2, 0.25) is 11.7 Å². The average Bonchev–Trinajstić information content (AvgIpc) is 3.13. The zero-order chi connectivity index (χ0) is 22.6. The van der Waals surface area contributed by atoms with Crippen molar-refractivity contribution in [3.05, 3.63) is 59.9 Å². The fourth-order valence-electron chi connectivity index (χ4n) is 3.46. The van der Waals surface area contributed by atoms with Gasteiger partial charge >= 0.3 is 6.18 Å². The second-order valence-corrected chi connectivity index (χ2v) is 7.75. The maximum absolute atomic E-state index is 12.8. The molecule has 0 aliphatic rings. The Morgan fingerprint density at radius 2 is 1.90 bits per heavy atom. The third-order valence-electron chi connectivity index (χ3n) is 5.03. The molecule has 3 N–H and O–H groups in total. The summed E-state index contributed by atoms with van der Waals surface area (Å²) in [5.74, 6) is -1.30. The highest BCUT2D eigenvalue weighted by Crippen LogP contribution is 2.29. The summed E-state index contributed by atoms with van der Waals surface area (Å²) in [5.41, 5.74) is 1.71. The molecular formula is C22H25F3N4O2. The normalized spacial score (nSPS) is 13.2. The molecule has 1 heterocycles. The fraction of sp³-hybridized carbons (Fsp3) is 0.364. The highest BCUT2D eigenvalue weighted by atomic mass is 19.4. The van der Waals surface area contributed by atoms with E-state index in [1.54, 1.807) is 0 Å². The number of carbonyl (C=O) groups excluding carboxylic acids is 1. The van der Waals surface area contributed by atoms with E-state index in [-0.39, 0.29) is 42.1 Å². The molecule has 0 saturated carbocycles. The number of aliphatic hydroxyl groups is 1. The number of benzene rings is 2. The number of aliphatic hydroxyl groups excluding tert-OH is 1. The first kappa shape index (κ1) is 22.8. The number of halogens is 3. The van der Waals surface area contributed by atoms with Crippen LogP contribution in [0, 0.1) is 5.92 Å². The van der Waals surface area contributed by atoms with Gasteiger partial charge in [0.15, 0.2) is 0 Å². The van der Waals surface area contributed by atoms with Crippen LogP contribution in [-0.4, -0.2) is 45.1 Å². The first-order valence-corrected chi connectivity index (χ1v) is 9.93. The maximum Gasteiger partial charge on any atom is 0.449 e. The van der Waals surface area contributed by atoms with E-state index in [9.17, 15) is 23.1 Å². The number of aromatic amines is 1. The number of amides is 1. The molecule has 3 rings (SSSR count). The summed E-state index contributed by atoms with van der Waals surface area (Å²) in [5, 5.41) is 12.6. The van der Waals surface area contributed by atoms with Crippen LogP contribution in [0.4, 0.5) is 18.9 Å². The van der Waals surface area contributed by atoms with E-state index in [1.165, 1.54) is 18.2 Å². The van der Waals surface area contributed by atoms with Crippen LogP contribution in [0.5, 0.6) is 0 Å². The standard InChI is InChI=1S/C22H25F3N4O2/c1-14(2)19(13-30)29(11-15-6-4-3-5-7-15)12-20(31)26-16-8-9-17-18(10-16)28-21(27-17)22(23,24)25/h3-10,14,19,30H,11-13H2,1-2H3,(H,26,31)(H,27,28). The Balaban J connectivity index is 1.75. The van der Waals surface area contributed by atoms with Gasteiger partial charge in [0.05, 0.1) is 24.2 Å². The van der Waals surface area contributed by atoms with E-state index in [1.807, 2.05) is 49.1 Å². The van der Waals surface area contributed by atoms with E-state index in [4.69, 9.17) is 0 Å². The van der Waals surface area contributed by atoms with Crippen molar-refractivity contribution in [2.75, 3.05) is 18.5 Å². The number of anilines is 1. The predicted octanol–water partition coefficient (Wildman–Crippen LogP) is 4.04. The Morgan fingerprint density at radius 3 is 2.52 bits per heavy atom. The number of carbonyl (C=O) groups is 1. The summed E-state index contributed by atoms with van der Waals surface area (Å²) in [6.45, 7) is 4.35. The number of H-pyrrole nitrogens is 1. The van der Waals surface area contributed by atoms with Gasteiger partial charge < -0.3 is 15.4 Å². The van der Waals surface area contributed by atoms with E-state index in [0.717, 1.165) is 5.56 Å². The Morgan fingerprint density at radius 1 is 1.19 bits per heavy atom. The molecule has 0 aliphatic heterocycles. The van der Waals surface area contributed by atoms with Crippen molar-refractivity contribution in [2.24, 2.45) is 5.92 Å². The average molecular weight is 434 g/mol. The number of aromatic nitrogens is 2. The lowest BCUT2D eigenvalue weighted by molar-refractivity contribution is -0.144. The summed E-state index contributed by atoms with van der Waals surface area (Å²) in [6, 6.07) is 13.7. The molecule has 9 heteroatoms. The molecule has 0 spiro atoms. The molecule has 1 aromatic heterocycles. The molecule has 1 unspecified atom stereocenters. The van der Waals surface area contributed by atoms with E-state index in [0.29, 0.717) is 12.2 Å². The summed E-state index contributed by atoms with van der Waals surface area (Å²) >= 11 is 0. The number of nitrogens with zero attached hydrogens (tertiary/aromatic N) is 2. The molecule has 0 radical (unpaired) electrons. The zero-order valence-corrected chi connectivity index (χ0v) is 17.3. The summed E-state index contributed by atoms with van der Waals surface area (Å²) < 4.78 is 38.5. The minimum absolute atomic E-state index is 0.0209. The van der Waals surface area contributed by atoms with Crippen LogP contribution in [0.25, 0.3) is 11.0 Å². The van der Waals surface area contributed by atoms with E-state index in [2.05, 4.69) is 15.3 Å². The van der Waals surface area contributed by atoms with Gasteiger partial charge in [-0.1, -0.05) is 44.2 Å². The van der Waals surface area contributed by atoms with Gasteiger partial charge in [-0.05, 0) is 29.7 Å². The third-order valence-corrected chi connectivity index (χ3v) is 5.03. The Hall–Kier alpha value is -2.91. The second-order valence-electron chi connectivity index (χ2n) is 7.75. The molecule has 6 nitrogen and oxygen atoms in total. The maximum atomic E-state index is 12.8. The molecule has 0 aliphatic carbocycles. The SMILES string of the molecule is CC(C)C(CO)N(CC(=O)Nc1ccc2nc(C(F)(F)F)[nH]c2c1)Cc1ccccc1. The molecule has 3 aromatic rings. The van der Waals surface area contributed by atoms with Crippen LogP contribution >= 0.6 is 0 Å². The van der Waals surface area contributed by atoms with Crippen LogP contribution in [0.3, 0.4) is 0 Å². The van der Waals surface area contributed by atoms with Gasteiger partial charge in [0, 0.05) is 18.3 Å². The number of alkyl halides is 3. The van der Waals surface area contributed by atoms with Crippen LogP contribution < -0.4 is 5.32 Å². The van der Waals surface area contributed by atoms with Crippen molar-refractivity contribution in [3.63, 3.8) is 0 Å². The van der Waals surface area contributed by atoms with Crippen molar-refractivity contribution in [2.45, 2.75) is 32.6 Å². The lowest BCUT2D eigenvalue weighted by Crippen LogP contribution is -2.45. The van der Waals surface area contributed by atoms with Crippen molar-refractivity contribution >= 4 is 22.6 Å². The predicted molar refractivity (Wildman–Crippen MR) is 112 cm³/mol. The van der Waals surface area contributed by atoms with Gasteiger partial charge in [0.25, 0.3) is 0 Å². The minimum atomic E-state index is -4.57. The quantitative estimate of drug-likeness (QED) is 0.500. The van der Waals surface area contributed by atoms with Crippen molar-refractivity contribution in [1.29, 1.82) is 0 Å². The van der Waals surface area contributed by atoms with Crippen molar-refractivity contribution in [1.82, 2.24) is 14.9 Å². The largest absolute Gasteiger partial charge is 0.449 e. The van der Waals surface area contributed by atoms with Gasteiger partial charge in [-0.15, -0.1) is 0 Å². The number of hydrogen-bond donors (Lipinski definition) is 3. The van der Waals surface area contributed by atoms with E-state index < -0.39 is 12.0 Å². The molecule has 0 fully saturated rings. The number of fused-ring (bicyclic) bond motifs is 1. The van der Waals surface area contributed by atoms with Crippen molar-refractivity contribution < 1.29 is 23.1 Å². The zero-order valence-electron chi connectivity index (χ0n) is 17.3. The molecule has 1 amide bonds. The Kier molecular flexibility index (Phi) is 6.97. The lowest BCUT2D eigenvalue weighted by Gasteiger charge is -2.32. The van der Waals surface area contributed by atoms with Crippen molar-refractivity contribution in [3.8, 4) is 0 Å². The molecule has 0 saturated heterocycles. The van der Waals surface area contributed by atoms with Crippen LogP contribution in [-0.2, 0) is 17.5 Å². The summed E-state index contributed by atoms with van der Waals surface area (Å²) in [6.07, 6.45) is -4.57. The molecule has 31 heavy (non-hydrogen) atoms. The van der Waals surface area contributed by atoms with Gasteiger partial charge in [-0.2, -0.15) is 13.2 Å². The van der Waals surface area contributed by atoms with Crippen LogP contribution in [0.2, 0.25) is 0 Å². The first-order chi connectivity index (χ1) is 14.7. The number of hydrogen-bond acceptors (Lipinski definition) is 4. The highest BCUT2D eigenvalue weighted by molar-refractivity contribution is 5.94. The number of rotatable bonds is 8. The molecule has 0 bridgehead atoms. The second kappa shape index (κ2) is 9.49. The molecule has 2 aromatic carbocycles. The van der Waals surface area contributed by atoms with Crippen LogP contribution in [0.1, 0.15) is 25.2 Å². The molecular weight excluding hydrogens is 409 g/mol. The van der Waals surface area contributed by atoms with Gasteiger partial charge in [-0.25, -0.2) is 4.98 Å². The monoisotopic (exact) mass is 434 g/mol. The topological polar surface area (TPSA) is 81.2 Å². The fourth-order valence-corrected chi connectivity index (χ4v) is 3.46. The number of nitrogens with one attached hydrogen (secondary N) is 2. The minimum Gasteiger partial charge on any atom is -0.395 e. The molecule has 1 atom stereocenters. The van der Waals surface area contributed by atoms with Crippen LogP contribution in [0.15, 0.2) is 48.5 Å².